The van der Waals surface area contributed by atoms with Crippen molar-refractivity contribution in [3.8, 4) is 10.7 Å². The van der Waals surface area contributed by atoms with Crippen molar-refractivity contribution < 1.29 is 9.32 Å². The van der Waals surface area contributed by atoms with Gasteiger partial charge in [0.1, 0.15) is 11.5 Å². The number of aromatic nitrogens is 3. The van der Waals surface area contributed by atoms with Gasteiger partial charge < -0.3 is 4.52 Å². The summed E-state index contributed by atoms with van der Waals surface area (Å²) in [6.07, 6.45) is 0. The Labute approximate surface area is 128 Å². The Balaban J connectivity index is 1.79. The van der Waals surface area contributed by atoms with E-state index in [1.165, 1.54) is 11.3 Å². The normalized spacial score (nSPS) is 10.6. The van der Waals surface area contributed by atoms with Crippen LogP contribution in [0.3, 0.4) is 0 Å². The lowest BCUT2D eigenvalue weighted by atomic mass is 10.2. The molecule has 0 aliphatic carbocycles. The van der Waals surface area contributed by atoms with Crippen molar-refractivity contribution in [3.63, 3.8) is 0 Å². The minimum absolute atomic E-state index is 0.334. The number of nitrogens with one attached hydrogen (secondary N) is 1. The van der Waals surface area contributed by atoms with Gasteiger partial charge in [0.05, 0.1) is 10.6 Å². The summed E-state index contributed by atoms with van der Waals surface area (Å²) in [4.78, 5) is 12.1. The molecule has 0 bridgehead atoms. The van der Waals surface area contributed by atoms with Crippen LogP contribution in [-0.4, -0.2) is 21.3 Å². The molecular formula is C13H9ClN4O2S. The van der Waals surface area contributed by atoms with Gasteiger partial charge in [0.15, 0.2) is 5.01 Å². The van der Waals surface area contributed by atoms with Crippen LogP contribution in [0.4, 0.5) is 5.13 Å². The van der Waals surface area contributed by atoms with Crippen molar-refractivity contribution in [1.82, 2.24) is 15.4 Å². The first kappa shape index (κ1) is 13.7. The average molecular weight is 321 g/mol. The monoisotopic (exact) mass is 320 g/mol. The summed E-state index contributed by atoms with van der Waals surface area (Å²) in [6, 6.07) is 8.54. The maximum atomic E-state index is 12.1. The second-order valence-corrected chi connectivity index (χ2v) is 5.55. The SMILES string of the molecule is Cc1cc(-c2nnc(NC(=O)c3ccccc3Cl)s2)no1. The van der Waals surface area contributed by atoms with Gasteiger partial charge in [0, 0.05) is 6.07 Å². The number of benzene rings is 1. The Bertz CT molecular complexity index is 799. The zero-order valence-corrected chi connectivity index (χ0v) is 12.4. The zero-order valence-electron chi connectivity index (χ0n) is 10.8. The number of hydrogen-bond donors (Lipinski definition) is 1. The molecule has 0 atom stereocenters. The summed E-state index contributed by atoms with van der Waals surface area (Å²) in [5, 5.41) is 15.7. The van der Waals surface area contributed by atoms with Gasteiger partial charge in [-0.15, -0.1) is 10.2 Å². The van der Waals surface area contributed by atoms with Crippen LogP contribution in [0.15, 0.2) is 34.9 Å². The quantitative estimate of drug-likeness (QED) is 0.799. The lowest BCUT2D eigenvalue weighted by Crippen LogP contribution is -2.12. The van der Waals surface area contributed by atoms with Crippen LogP contribution in [0.1, 0.15) is 16.1 Å². The molecule has 0 aliphatic rings. The number of anilines is 1. The van der Waals surface area contributed by atoms with E-state index in [9.17, 15) is 4.79 Å². The Morgan fingerprint density at radius 3 is 2.86 bits per heavy atom. The fraction of sp³-hybridized carbons (Fsp3) is 0.0769. The van der Waals surface area contributed by atoms with Gasteiger partial charge in [-0.05, 0) is 19.1 Å². The number of rotatable bonds is 3. The highest BCUT2D eigenvalue weighted by Crippen LogP contribution is 2.26. The Morgan fingerprint density at radius 1 is 1.33 bits per heavy atom. The van der Waals surface area contributed by atoms with Gasteiger partial charge in [-0.2, -0.15) is 0 Å². The molecule has 0 saturated heterocycles. The van der Waals surface area contributed by atoms with E-state index < -0.39 is 0 Å². The molecule has 2 aromatic heterocycles. The number of halogens is 1. The lowest BCUT2D eigenvalue weighted by Gasteiger charge is -2.02. The van der Waals surface area contributed by atoms with E-state index in [-0.39, 0.29) is 5.91 Å². The van der Waals surface area contributed by atoms with Gasteiger partial charge >= 0.3 is 0 Å². The molecule has 3 rings (SSSR count). The van der Waals surface area contributed by atoms with Gasteiger partial charge in [0.2, 0.25) is 5.13 Å². The van der Waals surface area contributed by atoms with E-state index in [1.54, 1.807) is 37.3 Å². The number of amides is 1. The van der Waals surface area contributed by atoms with E-state index in [2.05, 4.69) is 20.7 Å². The Kier molecular flexibility index (Phi) is 3.68. The highest BCUT2D eigenvalue weighted by molar-refractivity contribution is 7.18. The third kappa shape index (κ3) is 2.93. The second-order valence-electron chi connectivity index (χ2n) is 4.17. The number of hydrogen-bond acceptors (Lipinski definition) is 6. The second kappa shape index (κ2) is 5.63. The van der Waals surface area contributed by atoms with Crippen LogP contribution < -0.4 is 5.32 Å². The minimum Gasteiger partial charge on any atom is -0.361 e. The van der Waals surface area contributed by atoms with E-state index in [4.69, 9.17) is 16.1 Å². The summed E-state index contributed by atoms with van der Waals surface area (Å²) in [7, 11) is 0. The van der Waals surface area contributed by atoms with E-state index >= 15 is 0 Å². The van der Waals surface area contributed by atoms with Crippen LogP contribution in [0.5, 0.6) is 0 Å². The highest BCUT2D eigenvalue weighted by atomic mass is 35.5. The van der Waals surface area contributed by atoms with Crippen LogP contribution in [0.2, 0.25) is 5.02 Å². The molecule has 0 aliphatic heterocycles. The molecule has 0 unspecified atom stereocenters. The molecule has 3 aromatic rings. The van der Waals surface area contributed by atoms with Gasteiger partial charge in [-0.1, -0.05) is 40.2 Å². The third-order valence-corrected chi connectivity index (χ3v) is 3.80. The van der Waals surface area contributed by atoms with Crippen molar-refractivity contribution in [2.45, 2.75) is 6.92 Å². The molecule has 2 heterocycles. The summed E-state index contributed by atoms with van der Waals surface area (Å²) in [5.41, 5.74) is 0.969. The number of carbonyl (C=O) groups is 1. The van der Waals surface area contributed by atoms with Crippen molar-refractivity contribution in [1.29, 1.82) is 0 Å². The molecule has 106 valence electrons. The van der Waals surface area contributed by atoms with E-state index in [0.717, 1.165) is 0 Å². The molecule has 8 heteroatoms. The highest BCUT2D eigenvalue weighted by Gasteiger charge is 2.15. The predicted octanol–water partition coefficient (Wildman–Crippen LogP) is 3.41. The van der Waals surface area contributed by atoms with E-state index in [1.807, 2.05) is 0 Å². The van der Waals surface area contributed by atoms with Crippen LogP contribution in [0, 0.1) is 6.92 Å². The molecule has 0 radical (unpaired) electrons. The smallest absolute Gasteiger partial charge is 0.259 e. The first-order valence-electron chi connectivity index (χ1n) is 5.96. The molecule has 21 heavy (non-hydrogen) atoms. The van der Waals surface area contributed by atoms with Crippen molar-refractivity contribution >= 4 is 34.0 Å². The van der Waals surface area contributed by atoms with Gasteiger partial charge in [-0.25, -0.2) is 0 Å². The number of nitrogens with zero attached hydrogens (tertiary/aromatic N) is 3. The summed E-state index contributed by atoms with van der Waals surface area (Å²) < 4.78 is 4.98. The molecule has 0 spiro atoms. The molecule has 0 saturated carbocycles. The van der Waals surface area contributed by atoms with Gasteiger partial charge in [-0.3, -0.25) is 10.1 Å². The van der Waals surface area contributed by atoms with Crippen LogP contribution in [-0.2, 0) is 0 Å². The average Bonchev–Trinajstić information content (AvgIpc) is 3.08. The fourth-order valence-electron chi connectivity index (χ4n) is 1.65. The molecule has 1 N–H and O–H groups in total. The first-order valence-corrected chi connectivity index (χ1v) is 7.16. The Morgan fingerprint density at radius 2 is 2.14 bits per heavy atom. The van der Waals surface area contributed by atoms with Crippen molar-refractivity contribution in [2.75, 3.05) is 5.32 Å². The predicted molar refractivity (Wildman–Crippen MR) is 79.5 cm³/mol. The zero-order chi connectivity index (χ0) is 14.8. The first-order chi connectivity index (χ1) is 10.1. The maximum absolute atomic E-state index is 12.1. The maximum Gasteiger partial charge on any atom is 0.259 e. The minimum atomic E-state index is -0.334. The Hall–Kier alpha value is -2.25. The molecular weight excluding hydrogens is 312 g/mol. The molecule has 0 fully saturated rings. The van der Waals surface area contributed by atoms with Gasteiger partial charge in [0.25, 0.3) is 5.91 Å². The molecule has 6 nitrogen and oxygen atoms in total. The van der Waals surface area contributed by atoms with Crippen LogP contribution >= 0.6 is 22.9 Å². The van der Waals surface area contributed by atoms with Crippen molar-refractivity contribution in [3.05, 3.63) is 46.7 Å². The fourth-order valence-corrected chi connectivity index (χ4v) is 2.57. The topological polar surface area (TPSA) is 80.9 Å². The largest absolute Gasteiger partial charge is 0.361 e. The summed E-state index contributed by atoms with van der Waals surface area (Å²) in [6.45, 7) is 1.79. The molecule has 1 amide bonds. The standard InChI is InChI=1S/C13H9ClN4O2S/c1-7-6-10(18-20-7)12-16-17-13(21-12)15-11(19)8-4-2-3-5-9(8)14/h2-6H,1H3,(H,15,17,19). The molecule has 1 aromatic carbocycles. The van der Waals surface area contributed by atoms with E-state index in [0.29, 0.717) is 32.2 Å². The lowest BCUT2D eigenvalue weighted by molar-refractivity contribution is 0.102. The van der Waals surface area contributed by atoms with Crippen LogP contribution in [0.25, 0.3) is 10.7 Å². The number of aryl methyl sites for hydroxylation is 1. The third-order valence-electron chi connectivity index (χ3n) is 2.61. The van der Waals surface area contributed by atoms with Crippen molar-refractivity contribution in [2.24, 2.45) is 0 Å². The number of carbonyl (C=O) groups excluding carboxylic acids is 1. The summed E-state index contributed by atoms with van der Waals surface area (Å²) in [5.74, 6) is 0.349. The summed E-state index contributed by atoms with van der Waals surface area (Å²) >= 11 is 7.18.